The average molecular weight is 737 g/mol. The smallest absolute Gasteiger partial charge is 0.163 e. The van der Waals surface area contributed by atoms with Crippen LogP contribution in [0.1, 0.15) is 47.2 Å². The molecule has 57 heavy (non-hydrogen) atoms. The lowest BCUT2D eigenvalue weighted by Crippen LogP contribution is -2.33. The molecule has 0 fully saturated rings. The van der Waals surface area contributed by atoms with Crippen molar-refractivity contribution >= 4 is 66.9 Å². The monoisotopic (exact) mass is 736 g/mol. The number of rotatable bonds is 5. The molecule has 0 saturated carbocycles. The number of nitrogens with one attached hydrogen (secondary N) is 1. The Morgan fingerprint density at radius 1 is 0.614 bits per heavy atom. The quantitative estimate of drug-likeness (QED) is 0.179. The largest absolute Gasteiger partial charge is 0.456 e. The maximum atomic E-state index is 6.74. The molecule has 3 unspecified atom stereocenters. The minimum absolute atomic E-state index is 0.303. The van der Waals surface area contributed by atoms with Crippen molar-refractivity contribution in [2.45, 2.75) is 31.0 Å². The summed E-state index contributed by atoms with van der Waals surface area (Å²) < 4.78 is 13.4. The highest BCUT2D eigenvalue weighted by molar-refractivity contribution is 6.21. The summed E-state index contributed by atoms with van der Waals surface area (Å²) in [4.78, 5) is 12.7. The van der Waals surface area contributed by atoms with Gasteiger partial charge in [0.05, 0.1) is 11.6 Å². The third kappa shape index (κ3) is 5.10. The Kier molecular flexibility index (Phi) is 7.14. The van der Waals surface area contributed by atoms with Gasteiger partial charge in [0, 0.05) is 50.5 Å². The van der Waals surface area contributed by atoms with E-state index in [1.807, 2.05) is 42.5 Å². The topological polar surface area (TPSA) is 66.3 Å². The Morgan fingerprint density at radius 2 is 1.39 bits per heavy atom. The molecular weight excluding hydrogens is 701 g/mol. The van der Waals surface area contributed by atoms with Crippen molar-refractivity contribution in [2.24, 2.45) is 9.98 Å². The van der Waals surface area contributed by atoms with Crippen LogP contribution < -0.4 is 10.2 Å². The van der Waals surface area contributed by atoms with Crippen LogP contribution in [-0.2, 0) is 0 Å². The van der Waals surface area contributed by atoms with Gasteiger partial charge in [0.2, 0.25) is 0 Å². The first-order valence-electron chi connectivity index (χ1n) is 19.7. The van der Waals surface area contributed by atoms with Gasteiger partial charge in [-0.2, -0.15) is 0 Å². The van der Waals surface area contributed by atoms with Crippen LogP contribution in [0, 0.1) is 0 Å². The van der Waals surface area contributed by atoms with Gasteiger partial charge in [-0.15, -0.1) is 0 Å². The van der Waals surface area contributed by atoms with Gasteiger partial charge < -0.3 is 19.1 Å². The molecule has 272 valence electrons. The minimum atomic E-state index is -0.303. The van der Waals surface area contributed by atoms with Crippen LogP contribution in [0.15, 0.2) is 189 Å². The minimum Gasteiger partial charge on any atom is -0.456 e. The number of hydrogen-bond acceptors (Lipinski definition) is 6. The summed E-state index contributed by atoms with van der Waals surface area (Å²) >= 11 is 0. The number of nitrogens with zero attached hydrogens (tertiary/aromatic N) is 3. The standard InChI is InChI=1S/C51H36N4O2/c1-3-13-31(14-4-1)49-52-50(32-15-5-2-6-16-32)54-51(53-49)41-21-11-20-40-47-35(19-12-24-44(47)57-48(40)41)33-25-27-38-39-28-26-34(30-46(39)56-45(38)29-33)55-42-22-9-7-17-36(42)37-18-8-10-23-43(37)55/h1-7,9-17,19-30,37,43,49H,8,18H2,(H,52,53,54). The molecule has 0 saturated heterocycles. The van der Waals surface area contributed by atoms with E-state index in [2.05, 4.69) is 138 Å². The van der Waals surface area contributed by atoms with Gasteiger partial charge >= 0.3 is 0 Å². The molecule has 3 aliphatic rings. The van der Waals surface area contributed by atoms with Crippen LogP contribution in [0.25, 0.3) is 55.0 Å². The van der Waals surface area contributed by atoms with Gasteiger partial charge in [0.25, 0.3) is 0 Å². The number of aliphatic imine (C=N–C) groups is 2. The van der Waals surface area contributed by atoms with E-state index in [1.165, 1.54) is 17.7 Å². The summed E-state index contributed by atoms with van der Waals surface area (Å²) in [6.07, 6.45) is 6.73. The fourth-order valence-corrected chi connectivity index (χ4v) is 9.38. The van der Waals surface area contributed by atoms with E-state index in [4.69, 9.17) is 18.8 Å². The molecular formula is C51H36N4O2. The highest BCUT2D eigenvalue weighted by atomic mass is 16.3. The first kappa shape index (κ1) is 32.1. The Hall–Kier alpha value is -7.18. The first-order chi connectivity index (χ1) is 28.2. The van der Waals surface area contributed by atoms with Gasteiger partial charge in [-0.05, 0) is 77.6 Å². The van der Waals surface area contributed by atoms with Gasteiger partial charge in [-0.25, -0.2) is 9.98 Å². The fraction of sp³-hybridized carbons (Fsp3) is 0.0980. The molecule has 0 spiro atoms. The van der Waals surface area contributed by atoms with E-state index in [0.717, 1.165) is 89.6 Å². The van der Waals surface area contributed by atoms with E-state index in [1.54, 1.807) is 0 Å². The number of furan rings is 2. The van der Waals surface area contributed by atoms with Crippen LogP contribution in [-0.4, -0.2) is 17.7 Å². The van der Waals surface area contributed by atoms with Gasteiger partial charge in [-0.1, -0.05) is 121 Å². The van der Waals surface area contributed by atoms with Gasteiger partial charge in [0.15, 0.2) is 5.84 Å². The number of anilines is 2. The normalized spacial score (nSPS) is 18.8. The highest BCUT2D eigenvalue weighted by Gasteiger charge is 2.38. The van der Waals surface area contributed by atoms with E-state index in [0.29, 0.717) is 17.8 Å². The highest BCUT2D eigenvalue weighted by Crippen LogP contribution is 2.50. The maximum Gasteiger partial charge on any atom is 0.163 e. The molecule has 3 atom stereocenters. The summed E-state index contributed by atoms with van der Waals surface area (Å²) in [5.74, 6) is 1.91. The van der Waals surface area contributed by atoms with Crippen LogP contribution >= 0.6 is 0 Å². The van der Waals surface area contributed by atoms with Crippen molar-refractivity contribution in [1.29, 1.82) is 0 Å². The number of amidine groups is 2. The molecule has 0 amide bonds. The number of para-hydroxylation sites is 2. The summed E-state index contributed by atoms with van der Waals surface area (Å²) in [5.41, 5.74) is 12.3. The number of allylic oxidation sites excluding steroid dienone is 1. The predicted molar refractivity (Wildman–Crippen MR) is 232 cm³/mol. The molecule has 9 aromatic rings. The van der Waals surface area contributed by atoms with E-state index in [9.17, 15) is 0 Å². The Balaban J connectivity index is 0.958. The van der Waals surface area contributed by atoms with E-state index < -0.39 is 0 Å². The number of hydrogen-bond donors (Lipinski definition) is 1. The van der Waals surface area contributed by atoms with Crippen molar-refractivity contribution in [3.63, 3.8) is 0 Å². The van der Waals surface area contributed by atoms with E-state index >= 15 is 0 Å². The lowest BCUT2D eigenvalue weighted by atomic mass is 9.86. The molecule has 0 bridgehead atoms. The average Bonchev–Trinajstić information content (AvgIpc) is 3.96. The van der Waals surface area contributed by atoms with Crippen molar-refractivity contribution in [3.8, 4) is 11.1 Å². The van der Waals surface area contributed by atoms with Gasteiger partial charge in [0.1, 0.15) is 34.3 Å². The van der Waals surface area contributed by atoms with E-state index in [-0.39, 0.29) is 6.17 Å². The molecule has 6 heteroatoms. The molecule has 2 aromatic heterocycles. The zero-order valence-corrected chi connectivity index (χ0v) is 31.0. The number of fused-ring (bicyclic) bond motifs is 9. The second kappa shape index (κ2) is 12.7. The van der Waals surface area contributed by atoms with Crippen molar-refractivity contribution in [2.75, 3.05) is 4.90 Å². The van der Waals surface area contributed by atoms with Crippen LogP contribution in [0.4, 0.5) is 11.4 Å². The van der Waals surface area contributed by atoms with Crippen LogP contribution in [0.3, 0.4) is 0 Å². The van der Waals surface area contributed by atoms with Crippen LogP contribution in [0.5, 0.6) is 0 Å². The van der Waals surface area contributed by atoms with Crippen molar-refractivity contribution < 1.29 is 8.83 Å². The second-order valence-corrected chi connectivity index (χ2v) is 15.2. The molecule has 12 rings (SSSR count). The fourth-order valence-electron chi connectivity index (χ4n) is 9.38. The summed E-state index contributed by atoms with van der Waals surface area (Å²) in [7, 11) is 0. The summed E-state index contributed by atoms with van der Waals surface area (Å²) in [6, 6.07) is 55.5. The lowest BCUT2D eigenvalue weighted by molar-refractivity contribution is 0.572. The number of benzene rings is 7. The third-order valence-electron chi connectivity index (χ3n) is 12.0. The molecule has 4 heterocycles. The summed E-state index contributed by atoms with van der Waals surface area (Å²) in [5, 5.41) is 7.86. The summed E-state index contributed by atoms with van der Waals surface area (Å²) in [6.45, 7) is 0. The molecule has 2 aliphatic heterocycles. The molecule has 6 nitrogen and oxygen atoms in total. The Labute approximate surface area is 329 Å². The zero-order valence-electron chi connectivity index (χ0n) is 31.0. The van der Waals surface area contributed by atoms with Crippen LogP contribution in [0.2, 0.25) is 0 Å². The lowest BCUT2D eigenvalue weighted by Gasteiger charge is -2.30. The predicted octanol–water partition coefficient (Wildman–Crippen LogP) is 12.6. The zero-order chi connectivity index (χ0) is 37.5. The SMILES string of the molecule is C1=CC2C(CC1)c1ccccc1N2c1ccc2c(c1)oc1cc(-c3cccc4oc5c(C6=NC(c7ccccc7)NC(c7ccccc7)=N6)cccc5c34)ccc12. The molecule has 0 radical (unpaired) electrons. The second-order valence-electron chi connectivity index (χ2n) is 15.2. The Bertz CT molecular complexity index is 3140. The van der Waals surface area contributed by atoms with Gasteiger partial charge in [-0.3, -0.25) is 0 Å². The molecule has 7 aromatic carbocycles. The maximum absolute atomic E-state index is 6.74. The Morgan fingerprint density at radius 3 is 2.28 bits per heavy atom. The third-order valence-corrected chi connectivity index (χ3v) is 12.0. The molecule has 1 N–H and O–H groups in total. The first-order valence-corrected chi connectivity index (χ1v) is 19.7. The van der Waals surface area contributed by atoms with Crippen molar-refractivity contribution in [3.05, 3.63) is 192 Å². The molecule has 1 aliphatic carbocycles. The van der Waals surface area contributed by atoms with Crippen molar-refractivity contribution in [1.82, 2.24) is 5.32 Å².